The summed E-state index contributed by atoms with van der Waals surface area (Å²) in [6.07, 6.45) is 16.6. The lowest BCUT2D eigenvalue weighted by molar-refractivity contribution is -0.118. The lowest BCUT2D eigenvalue weighted by atomic mass is 9.47. The molecule has 4 aliphatic rings. The van der Waals surface area contributed by atoms with Crippen LogP contribution in [0.2, 0.25) is 0 Å². The average molecular weight is 466 g/mol. The average Bonchev–Trinajstić information content (AvgIpc) is 3.05. The van der Waals surface area contributed by atoms with E-state index in [9.17, 15) is 9.90 Å². The number of halogens is 1. The Kier molecular flexibility index (Phi) is 8.13. The van der Waals surface area contributed by atoms with Gasteiger partial charge in [-0.15, -0.1) is 12.4 Å². The molecular weight excluding hydrogens is 418 g/mol. The number of nitrogens with two attached hydrogens (primary N) is 1. The molecule has 0 heterocycles. The summed E-state index contributed by atoms with van der Waals surface area (Å²) in [7, 11) is 0. The first-order valence-corrected chi connectivity index (χ1v) is 13.3. The topological polar surface area (TPSA) is 63.3 Å². The summed E-state index contributed by atoms with van der Waals surface area (Å²) >= 11 is 0. The van der Waals surface area contributed by atoms with E-state index in [2.05, 4.69) is 33.8 Å². The number of aliphatic hydroxyl groups is 1. The molecule has 32 heavy (non-hydrogen) atoms. The first kappa shape index (κ1) is 26.1. The van der Waals surface area contributed by atoms with Gasteiger partial charge in [-0.3, -0.25) is 4.79 Å². The van der Waals surface area contributed by atoms with Crippen LogP contribution in [0.5, 0.6) is 0 Å². The molecule has 184 valence electrons. The van der Waals surface area contributed by atoms with E-state index in [1.807, 2.05) is 0 Å². The molecule has 0 aromatic rings. The van der Waals surface area contributed by atoms with E-state index in [4.69, 9.17) is 5.73 Å². The van der Waals surface area contributed by atoms with Crippen LogP contribution < -0.4 is 5.73 Å². The molecule has 1 unspecified atom stereocenters. The molecule has 4 heteroatoms. The molecule has 0 radical (unpaired) electrons. The standard InChI is InChI=1S/C28H47NO2.ClH/c1-18(16-26(29)31)6-5-7-19(2)23-10-11-24-22-9-8-20-17-21(30)12-14-27(20,3)25(22)13-15-28(23,24)4;/h8,18-19,21-25,30H,5-7,9-17H2,1-4H3,(H2,29,31);1H/t18?,19-,21+,22+,23-,24+,25+,27+,28-;/m1./s1. The zero-order chi connectivity index (χ0) is 22.4. The molecule has 4 aliphatic carbocycles. The number of allylic oxidation sites excluding steroid dienone is 1. The van der Waals surface area contributed by atoms with Crippen molar-refractivity contribution in [2.24, 2.45) is 52.1 Å². The molecule has 3 nitrogen and oxygen atoms in total. The molecule has 4 rings (SSSR count). The van der Waals surface area contributed by atoms with Gasteiger partial charge in [-0.1, -0.05) is 58.6 Å². The van der Waals surface area contributed by atoms with Crippen molar-refractivity contribution in [1.82, 2.24) is 0 Å². The number of fused-ring (bicyclic) bond motifs is 5. The Bertz CT molecular complexity index is 708. The highest BCUT2D eigenvalue weighted by molar-refractivity contribution is 5.85. The van der Waals surface area contributed by atoms with Crippen molar-refractivity contribution in [2.75, 3.05) is 0 Å². The van der Waals surface area contributed by atoms with E-state index in [0.717, 1.165) is 48.9 Å². The Hall–Kier alpha value is -0.540. The largest absolute Gasteiger partial charge is 0.393 e. The van der Waals surface area contributed by atoms with Crippen LogP contribution in [-0.2, 0) is 4.79 Å². The van der Waals surface area contributed by atoms with Gasteiger partial charge in [0.25, 0.3) is 0 Å². The van der Waals surface area contributed by atoms with Gasteiger partial charge in [0.2, 0.25) is 5.91 Å². The molecule has 3 fully saturated rings. The Morgan fingerprint density at radius 1 is 1.12 bits per heavy atom. The SMILES string of the molecule is CC(CCC[C@@H](C)[C@H]1CC[C@H]2[C@@H]3CC=C4C[C@@H](O)CC[C@]4(C)[C@H]3CC[C@]12C)CC(N)=O.Cl. The minimum absolute atomic E-state index is 0. The molecule has 0 spiro atoms. The molecule has 0 aromatic carbocycles. The van der Waals surface area contributed by atoms with Crippen LogP contribution in [0.25, 0.3) is 0 Å². The summed E-state index contributed by atoms with van der Waals surface area (Å²) in [6.45, 7) is 9.85. The third-order valence-corrected chi connectivity index (χ3v) is 10.7. The molecule has 0 aromatic heterocycles. The lowest BCUT2D eigenvalue weighted by Crippen LogP contribution is -2.50. The Labute approximate surface area is 202 Å². The van der Waals surface area contributed by atoms with Crippen LogP contribution in [-0.4, -0.2) is 17.1 Å². The van der Waals surface area contributed by atoms with Gasteiger partial charge in [0.05, 0.1) is 6.10 Å². The van der Waals surface area contributed by atoms with Gasteiger partial charge in [-0.2, -0.15) is 0 Å². The minimum Gasteiger partial charge on any atom is -0.393 e. The predicted molar refractivity (Wildman–Crippen MR) is 134 cm³/mol. The van der Waals surface area contributed by atoms with Crippen molar-refractivity contribution in [2.45, 2.75) is 111 Å². The number of carbonyl (C=O) groups is 1. The van der Waals surface area contributed by atoms with E-state index in [1.54, 1.807) is 5.57 Å². The van der Waals surface area contributed by atoms with Crippen LogP contribution in [0.3, 0.4) is 0 Å². The molecule has 0 saturated heterocycles. The molecule has 0 aliphatic heterocycles. The first-order chi connectivity index (χ1) is 14.6. The van der Waals surface area contributed by atoms with Gasteiger partial charge >= 0.3 is 0 Å². The van der Waals surface area contributed by atoms with Crippen molar-refractivity contribution < 1.29 is 9.90 Å². The number of amides is 1. The molecular formula is C28H48ClNO2. The molecule has 0 bridgehead atoms. The van der Waals surface area contributed by atoms with Crippen molar-refractivity contribution in [3.8, 4) is 0 Å². The van der Waals surface area contributed by atoms with Gasteiger partial charge in [0, 0.05) is 6.42 Å². The maximum atomic E-state index is 11.2. The molecule has 3 N–H and O–H groups in total. The maximum absolute atomic E-state index is 11.2. The van der Waals surface area contributed by atoms with Gasteiger partial charge in [0.15, 0.2) is 0 Å². The van der Waals surface area contributed by atoms with E-state index in [1.165, 1.54) is 51.4 Å². The van der Waals surface area contributed by atoms with E-state index < -0.39 is 0 Å². The van der Waals surface area contributed by atoms with E-state index in [0.29, 0.717) is 23.2 Å². The third-order valence-electron chi connectivity index (χ3n) is 10.7. The summed E-state index contributed by atoms with van der Waals surface area (Å²) < 4.78 is 0. The third kappa shape index (κ3) is 4.67. The highest BCUT2D eigenvalue weighted by atomic mass is 35.5. The fourth-order valence-corrected chi connectivity index (χ4v) is 9.05. The monoisotopic (exact) mass is 465 g/mol. The molecule has 9 atom stereocenters. The summed E-state index contributed by atoms with van der Waals surface area (Å²) in [5, 5.41) is 10.2. The summed E-state index contributed by atoms with van der Waals surface area (Å²) in [4.78, 5) is 11.2. The molecule has 1 amide bonds. The normalized spacial score (nSPS) is 42.5. The Morgan fingerprint density at radius 2 is 1.88 bits per heavy atom. The predicted octanol–water partition coefficient (Wildman–Crippen LogP) is 6.67. The Balaban J connectivity index is 0.00000289. The second kappa shape index (κ2) is 9.98. The molecule has 3 saturated carbocycles. The quantitative estimate of drug-likeness (QED) is 0.412. The van der Waals surface area contributed by atoms with Crippen molar-refractivity contribution >= 4 is 18.3 Å². The fourth-order valence-electron chi connectivity index (χ4n) is 9.05. The van der Waals surface area contributed by atoms with Gasteiger partial charge in [0.1, 0.15) is 0 Å². The Morgan fingerprint density at radius 3 is 2.59 bits per heavy atom. The van der Waals surface area contributed by atoms with Crippen LogP contribution in [0.4, 0.5) is 0 Å². The number of aliphatic hydroxyl groups excluding tert-OH is 1. The number of hydrogen-bond acceptors (Lipinski definition) is 2. The summed E-state index contributed by atoms with van der Waals surface area (Å²) in [6, 6.07) is 0. The zero-order valence-electron chi connectivity index (χ0n) is 20.9. The second-order valence-electron chi connectivity index (χ2n) is 12.6. The number of carbonyl (C=O) groups excluding carboxylic acids is 1. The fraction of sp³-hybridized carbons (Fsp3) is 0.893. The summed E-state index contributed by atoms with van der Waals surface area (Å²) in [5.74, 6) is 4.48. The van der Waals surface area contributed by atoms with E-state index >= 15 is 0 Å². The van der Waals surface area contributed by atoms with Crippen molar-refractivity contribution in [3.05, 3.63) is 11.6 Å². The van der Waals surface area contributed by atoms with Crippen molar-refractivity contribution in [3.63, 3.8) is 0 Å². The second-order valence-corrected chi connectivity index (χ2v) is 12.6. The van der Waals surface area contributed by atoms with Gasteiger partial charge in [-0.25, -0.2) is 0 Å². The summed E-state index contributed by atoms with van der Waals surface area (Å²) in [5.41, 5.74) is 7.82. The maximum Gasteiger partial charge on any atom is 0.217 e. The van der Waals surface area contributed by atoms with E-state index in [-0.39, 0.29) is 24.4 Å². The number of primary amides is 1. The zero-order valence-corrected chi connectivity index (χ0v) is 21.8. The lowest BCUT2D eigenvalue weighted by Gasteiger charge is -2.58. The highest BCUT2D eigenvalue weighted by Crippen LogP contribution is 2.67. The smallest absolute Gasteiger partial charge is 0.217 e. The van der Waals surface area contributed by atoms with Crippen LogP contribution in [0.1, 0.15) is 105 Å². The van der Waals surface area contributed by atoms with Crippen LogP contribution >= 0.6 is 12.4 Å². The number of hydrogen-bond donors (Lipinski definition) is 2. The first-order valence-electron chi connectivity index (χ1n) is 13.3. The highest BCUT2D eigenvalue weighted by Gasteiger charge is 2.59. The van der Waals surface area contributed by atoms with Gasteiger partial charge in [-0.05, 0) is 97.7 Å². The van der Waals surface area contributed by atoms with Crippen molar-refractivity contribution in [1.29, 1.82) is 0 Å². The van der Waals surface area contributed by atoms with Crippen LogP contribution in [0, 0.1) is 46.3 Å². The number of rotatable bonds is 7. The van der Waals surface area contributed by atoms with Crippen LogP contribution in [0.15, 0.2) is 11.6 Å². The van der Waals surface area contributed by atoms with Gasteiger partial charge < -0.3 is 10.8 Å². The minimum atomic E-state index is -0.158.